The van der Waals surface area contributed by atoms with Crippen molar-refractivity contribution in [3.8, 4) is 5.75 Å². The molecule has 3 rings (SSSR count). The first kappa shape index (κ1) is 14.4. The van der Waals surface area contributed by atoms with Gasteiger partial charge in [0.25, 0.3) is 0 Å². The summed E-state index contributed by atoms with van der Waals surface area (Å²) in [4.78, 5) is 0. The number of rotatable bonds is 4. The molecule has 1 saturated carbocycles. The second kappa shape index (κ2) is 6.46. The summed E-state index contributed by atoms with van der Waals surface area (Å²) in [6, 6.07) is 13.7. The monoisotopic (exact) mass is 284 g/mol. The number of benzene rings is 2. The molecule has 1 aliphatic carbocycles. The molecule has 3 heteroatoms. The summed E-state index contributed by atoms with van der Waals surface area (Å²) in [7, 11) is 1.73. The van der Waals surface area contributed by atoms with Gasteiger partial charge in [0.05, 0.1) is 7.11 Å². The minimum Gasteiger partial charge on any atom is -0.496 e. The third-order valence-corrected chi connectivity index (χ3v) is 4.55. The summed E-state index contributed by atoms with van der Waals surface area (Å²) in [5.41, 5.74) is 7.30. The Hall–Kier alpha value is -1.58. The number of nitrogens with two attached hydrogens (primary N) is 1. The molecule has 0 saturated heterocycles. The normalized spacial score (nSPS) is 22.4. The van der Waals surface area contributed by atoms with Crippen LogP contribution in [0, 0.1) is 0 Å². The van der Waals surface area contributed by atoms with Gasteiger partial charge in [-0.1, -0.05) is 30.3 Å². The first-order valence-corrected chi connectivity index (χ1v) is 7.81. The third-order valence-electron chi connectivity index (χ3n) is 4.55. The van der Waals surface area contributed by atoms with Gasteiger partial charge in [-0.05, 0) is 42.7 Å². The van der Waals surface area contributed by atoms with Crippen molar-refractivity contribution < 1.29 is 4.74 Å². The van der Waals surface area contributed by atoms with Gasteiger partial charge in [0.2, 0.25) is 0 Å². The largest absolute Gasteiger partial charge is 0.496 e. The number of ether oxygens (including phenoxy) is 1. The molecule has 0 radical (unpaired) electrons. The van der Waals surface area contributed by atoms with Crippen LogP contribution in [0.2, 0.25) is 0 Å². The Morgan fingerprint density at radius 3 is 2.48 bits per heavy atom. The molecule has 2 aromatic rings. The molecular weight excluding hydrogens is 260 g/mol. The molecule has 0 atom stereocenters. The Morgan fingerprint density at radius 2 is 1.76 bits per heavy atom. The molecule has 21 heavy (non-hydrogen) atoms. The zero-order chi connectivity index (χ0) is 14.7. The first-order valence-electron chi connectivity index (χ1n) is 7.81. The lowest BCUT2D eigenvalue weighted by Crippen LogP contribution is -2.37. The number of fused-ring (bicyclic) bond motifs is 1. The van der Waals surface area contributed by atoms with E-state index in [0.29, 0.717) is 12.1 Å². The molecule has 3 N–H and O–H groups in total. The summed E-state index contributed by atoms with van der Waals surface area (Å²) in [6.07, 6.45) is 4.66. The molecule has 0 spiro atoms. The van der Waals surface area contributed by atoms with Crippen LogP contribution >= 0.6 is 0 Å². The topological polar surface area (TPSA) is 47.3 Å². The van der Waals surface area contributed by atoms with Crippen LogP contribution in [0.4, 0.5) is 0 Å². The number of methoxy groups -OCH3 is 1. The van der Waals surface area contributed by atoms with Crippen LogP contribution in [-0.4, -0.2) is 19.2 Å². The Balaban J connectivity index is 1.75. The highest BCUT2D eigenvalue weighted by molar-refractivity contribution is 5.91. The van der Waals surface area contributed by atoms with Gasteiger partial charge in [-0.2, -0.15) is 0 Å². The van der Waals surface area contributed by atoms with Crippen molar-refractivity contribution in [2.75, 3.05) is 7.11 Å². The molecule has 3 nitrogen and oxygen atoms in total. The van der Waals surface area contributed by atoms with Gasteiger partial charge in [-0.3, -0.25) is 0 Å². The molecule has 0 bridgehead atoms. The lowest BCUT2D eigenvalue weighted by Gasteiger charge is -2.27. The number of hydrogen-bond donors (Lipinski definition) is 2. The van der Waals surface area contributed by atoms with E-state index in [1.165, 1.54) is 29.2 Å². The highest BCUT2D eigenvalue weighted by atomic mass is 16.5. The van der Waals surface area contributed by atoms with Crippen molar-refractivity contribution in [1.82, 2.24) is 5.32 Å². The van der Waals surface area contributed by atoms with E-state index in [9.17, 15) is 0 Å². The summed E-state index contributed by atoms with van der Waals surface area (Å²) < 4.78 is 5.45. The Bertz CT molecular complexity index is 603. The lowest BCUT2D eigenvalue weighted by molar-refractivity contribution is 0.342. The van der Waals surface area contributed by atoms with E-state index in [1.807, 2.05) is 0 Å². The minimum absolute atomic E-state index is 0.407. The zero-order valence-electron chi connectivity index (χ0n) is 12.6. The number of hydrogen-bond acceptors (Lipinski definition) is 3. The highest BCUT2D eigenvalue weighted by Gasteiger charge is 2.18. The van der Waals surface area contributed by atoms with E-state index in [-0.39, 0.29) is 0 Å². The van der Waals surface area contributed by atoms with E-state index in [2.05, 4.69) is 41.7 Å². The van der Waals surface area contributed by atoms with Crippen molar-refractivity contribution in [1.29, 1.82) is 0 Å². The van der Waals surface area contributed by atoms with Gasteiger partial charge >= 0.3 is 0 Å². The van der Waals surface area contributed by atoms with Crippen LogP contribution in [0.15, 0.2) is 36.4 Å². The average molecular weight is 284 g/mol. The molecule has 0 aliphatic heterocycles. The van der Waals surface area contributed by atoms with Crippen LogP contribution in [0.3, 0.4) is 0 Å². The SMILES string of the molecule is COc1ccc(CNC2CCC(N)CC2)c2ccccc12. The van der Waals surface area contributed by atoms with Crippen molar-refractivity contribution >= 4 is 10.8 Å². The zero-order valence-corrected chi connectivity index (χ0v) is 12.6. The fraction of sp³-hybridized carbons (Fsp3) is 0.444. The minimum atomic E-state index is 0.407. The standard InChI is InChI=1S/C18H24N2O/c1-21-18-11-6-13(16-4-2-3-5-17(16)18)12-20-15-9-7-14(19)8-10-15/h2-6,11,14-15,20H,7-10,12,19H2,1H3. The third kappa shape index (κ3) is 3.20. The smallest absolute Gasteiger partial charge is 0.126 e. The maximum absolute atomic E-state index is 5.97. The summed E-state index contributed by atoms with van der Waals surface area (Å²) >= 11 is 0. The molecule has 2 aromatic carbocycles. The second-order valence-corrected chi connectivity index (χ2v) is 5.97. The van der Waals surface area contributed by atoms with Gasteiger partial charge < -0.3 is 15.8 Å². The van der Waals surface area contributed by atoms with E-state index < -0.39 is 0 Å². The van der Waals surface area contributed by atoms with Crippen molar-refractivity contribution in [2.24, 2.45) is 5.73 Å². The van der Waals surface area contributed by atoms with E-state index in [4.69, 9.17) is 10.5 Å². The summed E-state index contributed by atoms with van der Waals surface area (Å²) in [5, 5.41) is 6.15. The lowest BCUT2D eigenvalue weighted by atomic mass is 9.91. The Morgan fingerprint density at radius 1 is 1.05 bits per heavy atom. The molecule has 0 heterocycles. The maximum atomic E-state index is 5.97. The fourth-order valence-corrected chi connectivity index (χ4v) is 3.24. The molecule has 0 unspecified atom stereocenters. The van der Waals surface area contributed by atoms with Crippen LogP contribution in [0.5, 0.6) is 5.75 Å². The van der Waals surface area contributed by atoms with Crippen molar-refractivity contribution in [3.63, 3.8) is 0 Å². The molecule has 1 aliphatic rings. The predicted molar refractivity (Wildman–Crippen MR) is 87.6 cm³/mol. The van der Waals surface area contributed by atoms with E-state index >= 15 is 0 Å². The maximum Gasteiger partial charge on any atom is 0.126 e. The molecule has 0 amide bonds. The number of nitrogens with one attached hydrogen (secondary N) is 1. The molecule has 1 fully saturated rings. The highest BCUT2D eigenvalue weighted by Crippen LogP contribution is 2.28. The fourth-order valence-electron chi connectivity index (χ4n) is 3.24. The quantitative estimate of drug-likeness (QED) is 0.906. The van der Waals surface area contributed by atoms with Gasteiger partial charge in [0.1, 0.15) is 5.75 Å². The van der Waals surface area contributed by atoms with Crippen molar-refractivity contribution in [3.05, 3.63) is 42.0 Å². The van der Waals surface area contributed by atoms with E-state index in [0.717, 1.165) is 25.1 Å². The predicted octanol–water partition coefficient (Wildman–Crippen LogP) is 3.21. The van der Waals surface area contributed by atoms with E-state index in [1.54, 1.807) is 7.11 Å². The van der Waals surface area contributed by atoms with Crippen molar-refractivity contribution in [2.45, 2.75) is 44.3 Å². The molecule has 112 valence electrons. The van der Waals surface area contributed by atoms with Crippen LogP contribution in [0.25, 0.3) is 10.8 Å². The van der Waals surface area contributed by atoms with Gasteiger partial charge in [-0.25, -0.2) is 0 Å². The van der Waals surface area contributed by atoms with Crippen LogP contribution < -0.4 is 15.8 Å². The first-order chi connectivity index (χ1) is 10.3. The second-order valence-electron chi connectivity index (χ2n) is 5.97. The Labute approximate surface area is 126 Å². The van der Waals surface area contributed by atoms with Gasteiger partial charge in [0.15, 0.2) is 0 Å². The summed E-state index contributed by atoms with van der Waals surface area (Å²) in [5.74, 6) is 0.943. The molecular formula is C18H24N2O. The summed E-state index contributed by atoms with van der Waals surface area (Å²) in [6.45, 7) is 0.907. The Kier molecular flexibility index (Phi) is 4.42. The van der Waals surface area contributed by atoms with Crippen LogP contribution in [0.1, 0.15) is 31.2 Å². The average Bonchev–Trinajstić information content (AvgIpc) is 2.54. The van der Waals surface area contributed by atoms with Crippen LogP contribution in [-0.2, 0) is 6.54 Å². The van der Waals surface area contributed by atoms with Gasteiger partial charge in [0, 0.05) is 24.0 Å². The van der Waals surface area contributed by atoms with Gasteiger partial charge in [-0.15, -0.1) is 0 Å². The molecule has 0 aromatic heterocycles.